The minimum atomic E-state index is 0. The summed E-state index contributed by atoms with van der Waals surface area (Å²) in [6.45, 7) is 1.61. The van der Waals surface area contributed by atoms with Crippen LogP contribution in [0.25, 0.3) is 0 Å². The molecule has 0 radical (unpaired) electrons. The van der Waals surface area contributed by atoms with Crippen molar-refractivity contribution in [3.8, 4) is 12.3 Å². The molecule has 0 saturated carbocycles. The van der Waals surface area contributed by atoms with Gasteiger partial charge in [0.15, 0.2) is 0 Å². The maximum Gasteiger partial charge on any atom is 0.0573 e. The number of nitrogens with one attached hydrogen (secondary N) is 1. The number of hydrogen-bond donors (Lipinski definition) is 1. The lowest BCUT2D eigenvalue weighted by Crippen LogP contribution is -2.16. The largest absolute Gasteiger partial charge is 0.306 e. The molecule has 2 heteroatoms. The van der Waals surface area contributed by atoms with E-state index in [1.807, 2.05) is 6.07 Å². The molecule has 0 amide bonds. The normalized spacial score (nSPS) is 8.54. The second-order valence-electron chi connectivity index (χ2n) is 2.62. The van der Waals surface area contributed by atoms with Gasteiger partial charge in [0.1, 0.15) is 0 Å². The molecule has 0 saturated heterocycles. The molecule has 1 aromatic carbocycles. The van der Waals surface area contributed by atoms with Crippen LogP contribution in [-0.4, -0.2) is 13.1 Å². The molecule has 0 heterocycles. The van der Waals surface area contributed by atoms with Gasteiger partial charge in [-0.1, -0.05) is 36.3 Å². The van der Waals surface area contributed by atoms with Crippen molar-refractivity contribution < 1.29 is 0 Å². The van der Waals surface area contributed by atoms with Gasteiger partial charge in [-0.2, -0.15) is 0 Å². The van der Waals surface area contributed by atoms with Crippen molar-refractivity contribution in [2.24, 2.45) is 0 Å². The van der Waals surface area contributed by atoms with Crippen LogP contribution in [0.5, 0.6) is 0 Å². The van der Waals surface area contributed by atoms with E-state index >= 15 is 0 Å². The molecular weight excluding hydrogens is 182 g/mol. The molecule has 0 aliphatic heterocycles. The molecule has 1 nitrogen and oxygen atoms in total. The summed E-state index contributed by atoms with van der Waals surface area (Å²) in [6, 6.07) is 10.4. The van der Waals surface area contributed by atoms with Gasteiger partial charge in [-0.3, -0.25) is 0 Å². The smallest absolute Gasteiger partial charge is 0.0573 e. The third kappa shape index (κ3) is 5.30. The molecule has 0 fully saturated rings. The Morgan fingerprint density at radius 3 is 2.54 bits per heavy atom. The van der Waals surface area contributed by atoms with Gasteiger partial charge in [0.2, 0.25) is 0 Å². The van der Waals surface area contributed by atoms with Crippen LogP contribution in [0.3, 0.4) is 0 Å². The van der Waals surface area contributed by atoms with Gasteiger partial charge in [-0.25, -0.2) is 0 Å². The van der Waals surface area contributed by atoms with Gasteiger partial charge in [-0.05, 0) is 12.0 Å². The highest BCUT2D eigenvalue weighted by molar-refractivity contribution is 5.85. The Balaban J connectivity index is 0.00000144. The summed E-state index contributed by atoms with van der Waals surface area (Å²) in [4.78, 5) is 0. The molecular formula is C11H14ClN. The molecule has 0 bridgehead atoms. The van der Waals surface area contributed by atoms with Gasteiger partial charge in [0.25, 0.3) is 0 Å². The van der Waals surface area contributed by atoms with Crippen molar-refractivity contribution in [3.05, 3.63) is 35.9 Å². The maximum atomic E-state index is 5.10. The van der Waals surface area contributed by atoms with E-state index in [4.69, 9.17) is 6.42 Å². The molecule has 1 rings (SSSR count). The third-order valence-corrected chi connectivity index (χ3v) is 1.66. The van der Waals surface area contributed by atoms with Gasteiger partial charge in [-0.15, -0.1) is 18.8 Å². The van der Waals surface area contributed by atoms with Gasteiger partial charge in [0.05, 0.1) is 6.54 Å². The van der Waals surface area contributed by atoms with E-state index < -0.39 is 0 Å². The number of terminal acetylenes is 1. The lowest BCUT2D eigenvalue weighted by molar-refractivity contribution is 0.753. The Morgan fingerprint density at radius 2 is 1.92 bits per heavy atom. The third-order valence-electron chi connectivity index (χ3n) is 1.66. The first-order valence-electron chi connectivity index (χ1n) is 4.11. The molecule has 0 aliphatic rings. The first-order chi connectivity index (χ1) is 5.93. The molecule has 70 valence electrons. The fourth-order valence-corrected chi connectivity index (χ4v) is 1.04. The molecule has 1 aromatic rings. The van der Waals surface area contributed by atoms with Gasteiger partial charge >= 0.3 is 0 Å². The minimum Gasteiger partial charge on any atom is -0.306 e. The molecule has 0 aliphatic carbocycles. The van der Waals surface area contributed by atoms with Crippen LogP contribution in [0, 0.1) is 12.3 Å². The topological polar surface area (TPSA) is 12.0 Å². The van der Waals surface area contributed by atoms with Crippen LogP contribution < -0.4 is 5.32 Å². The summed E-state index contributed by atoms with van der Waals surface area (Å²) in [5.74, 6) is 2.54. The average Bonchev–Trinajstić information content (AvgIpc) is 2.14. The monoisotopic (exact) mass is 195 g/mol. The summed E-state index contributed by atoms with van der Waals surface area (Å²) in [7, 11) is 0. The quantitative estimate of drug-likeness (QED) is 0.572. The van der Waals surface area contributed by atoms with E-state index in [2.05, 4.69) is 35.5 Å². The van der Waals surface area contributed by atoms with Crippen LogP contribution in [0.1, 0.15) is 5.56 Å². The first kappa shape index (κ1) is 12.0. The SMILES string of the molecule is C#CCNCCc1ccccc1.Cl. The van der Waals surface area contributed by atoms with E-state index in [0.717, 1.165) is 13.0 Å². The van der Waals surface area contributed by atoms with E-state index in [1.54, 1.807) is 0 Å². The number of halogens is 1. The molecule has 0 aromatic heterocycles. The highest BCUT2D eigenvalue weighted by Crippen LogP contribution is 1.97. The molecule has 13 heavy (non-hydrogen) atoms. The Labute approximate surface area is 86.0 Å². The van der Waals surface area contributed by atoms with Crippen molar-refractivity contribution in [2.75, 3.05) is 13.1 Å². The Morgan fingerprint density at radius 1 is 1.23 bits per heavy atom. The number of hydrogen-bond acceptors (Lipinski definition) is 1. The highest BCUT2D eigenvalue weighted by Gasteiger charge is 1.88. The van der Waals surface area contributed by atoms with E-state index in [9.17, 15) is 0 Å². The maximum absolute atomic E-state index is 5.10. The van der Waals surface area contributed by atoms with Crippen molar-refractivity contribution in [3.63, 3.8) is 0 Å². The van der Waals surface area contributed by atoms with E-state index in [1.165, 1.54) is 5.56 Å². The minimum absolute atomic E-state index is 0. The van der Waals surface area contributed by atoms with Crippen LogP contribution in [0.2, 0.25) is 0 Å². The summed E-state index contributed by atoms with van der Waals surface area (Å²) in [5.41, 5.74) is 1.35. The Kier molecular flexibility index (Phi) is 7.10. The standard InChI is InChI=1S/C11H13N.ClH/c1-2-9-12-10-8-11-6-4-3-5-7-11;/h1,3-7,12H,8-10H2;1H. The van der Waals surface area contributed by atoms with Gasteiger partial charge in [0, 0.05) is 6.54 Å². The van der Waals surface area contributed by atoms with E-state index in [-0.39, 0.29) is 12.4 Å². The molecule has 0 unspecified atom stereocenters. The van der Waals surface area contributed by atoms with Gasteiger partial charge < -0.3 is 5.32 Å². The predicted octanol–water partition coefficient (Wildman–Crippen LogP) is 1.87. The van der Waals surface area contributed by atoms with Crippen LogP contribution in [0.15, 0.2) is 30.3 Å². The number of benzene rings is 1. The highest BCUT2D eigenvalue weighted by atomic mass is 35.5. The number of rotatable bonds is 4. The predicted molar refractivity (Wildman–Crippen MR) is 59.1 cm³/mol. The second kappa shape index (κ2) is 7.67. The van der Waals surface area contributed by atoms with Crippen molar-refractivity contribution in [1.82, 2.24) is 5.32 Å². The van der Waals surface area contributed by atoms with Crippen molar-refractivity contribution in [1.29, 1.82) is 0 Å². The van der Waals surface area contributed by atoms with Crippen molar-refractivity contribution in [2.45, 2.75) is 6.42 Å². The zero-order valence-corrected chi connectivity index (χ0v) is 8.31. The van der Waals surface area contributed by atoms with Crippen LogP contribution in [-0.2, 0) is 6.42 Å². The zero-order valence-electron chi connectivity index (χ0n) is 7.49. The Bertz CT molecular complexity index is 251. The zero-order chi connectivity index (χ0) is 8.65. The lowest BCUT2D eigenvalue weighted by Gasteiger charge is -2.00. The summed E-state index contributed by atoms with van der Waals surface area (Å²) in [6.07, 6.45) is 6.14. The lowest BCUT2D eigenvalue weighted by atomic mass is 10.1. The molecule has 0 spiro atoms. The molecule has 1 N–H and O–H groups in total. The first-order valence-corrected chi connectivity index (χ1v) is 4.11. The Hall–Kier alpha value is -0.970. The van der Waals surface area contributed by atoms with Crippen LogP contribution >= 0.6 is 12.4 Å². The van der Waals surface area contributed by atoms with Crippen LogP contribution in [0.4, 0.5) is 0 Å². The fourth-order valence-electron chi connectivity index (χ4n) is 1.04. The molecule has 0 atom stereocenters. The summed E-state index contributed by atoms with van der Waals surface area (Å²) in [5, 5.41) is 3.15. The van der Waals surface area contributed by atoms with Crippen molar-refractivity contribution >= 4 is 12.4 Å². The summed E-state index contributed by atoms with van der Waals surface area (Å²) < 4.78 is 0. The second-order valence-corrected chi connectivity index (χ2v) is 2.62. The fraction of sp³-hybridized carbons (Fsp3) is 0.273. The van der Waals surface area contributed by atoms with E-state index in [0.29, 0.717) is 6.54 Å². The summed E-state index contributed by atoms with van der Waals surface area (Å²) >= 11 is 0. The average molecular weight is 196 g/mol.